The van der Waals surface area contributed by atoms with Crippen LogP contribution in [0.3, 0.4) is 0 Å². The molecule has 162 valence electrons. The van der Waals surface area contributed by atoms with E-state index in [1.807, 2.05) is 19.1 Å². The maximum absolute atomic E-state index is 13.6. The van der Waals surface area contributed by atoms with Gasteiger partial charge >= 0.3 is 6.03 Å². The van der Waals surface area contributed by atoms with E-state index in [9.17, 15) is 14.4 Å². The molecule has 4 amide bonds. The van der Waals surface area contributed by atoms with Crippen LogP contribution >= 0.6 is 0 Å². The lowest BCUT2D eigenvalue weighted by Gasteiger charge is -2.28. The van der Waals surface area contributed by atoms with E-state index in [2.05, 4.69) is 10.6 Å². The van der Waals surface area contributed by atoms with Crippen molar-refractivity contribution in [1.29, 1.82) is 0 Å². The van der Waals surface area contributed by atoms with Crippen LogP contribution < -0.4 is 15.4 Å². The van der Waals surface area contributed by atoms with Crippen molar-refractivity contribution in [2.24, 2.45) is 0 Å². The normalized spacial score (nSPS) is 14.7. The third kappa shape index (κ3) is 3.92. The molecule has 3 aromatic rings. The molecule has 0 atom stereocenters. The highest BCUT2D eigenvalue weighted by molar-refractivity contribution is 6.12. The van der Waals surface area contributed by atoms with Crippen LogP contribution in [0, 0.1) is 0 Å². The van der Waals surface area contributed by atoms with E-state index in [1.54, 1.807) is 72.8 Å². The summed E-state index contributed by atoms with van der Waals surface area (Å²) in [5.41, 5.74) is 0.403. The van der Waals surface area contributed by atoms with E-state index in [0.29, 0.717) is 29.2 Å². The van der Waals surface area contributed by atoms with Crippen LogP contribution in [0.25, 0.3) is 0 Å². The molecule has 1 saturated heterocycles. The van der Waals surface area contributed by atoms with Gasteiger partial charge in [-0.05, 0) is 42.3 Å². The predicted molar refractivity (Wildman–Crippen MR) is 120 cm³/mol. The standard InChI is InChI=1S/C25H23N3O4/c1-2-32-21-15-13-20(14-16-21)26-22(29)17-28-23(30)25(27-24(28)31,18-9-5-3-6-10-18)19-11-7-4-8-12-19/h3-16H,2,17H2,1H3,(H,26,29)(H,27,31). The van der Waals surface area contributed by atoms with E-state index >= 15 is 0 Å². The van der Waals surface area contributed by atoms with Crippen molar-refractivity contribution in [2.75, 3.05) is 18.5 Å². The Morgan fingerprint density at radius 1 is 0.906 bits per heavy atom. The minimum absolute atomic E-state index is 0.403. The summed E-state index contributed by atoms with van der Waals surface area (Å²) in [5, 5.41) is 5.55. The zero-order valence-corrected chi connectivity index (χ0v) is 17.6. The van der Waals surface area contributed by atoms with Crippen molar-refractivity contribution in [3.8, 4) is 5.75 Å². The quantitative estimate of drug-likeness (QED) is 0.563. The molecule has 0 bridgehead atoms. The average Bonchev–Trinajstić information content (AvgIpc) is 3.07. The number of ether oxygens (including phenoxy) is 1. The van der Waals surface area contributed by atoms with Crippen LogP contribution in [-0.2, 0) is 15.1 Å². The van der Waals surface area contributed by atoms with E-state index in [-0.39, 0.29) is 0 Å². The first-order chi connectivity index (χ1) is 15.5. The minimum Gasteiger partial charge on any atom is -0.494 e. The van der Waals surface area contributed by atoms with Gasteiger partial charge in [0.25, 0.3) is 5.91 Å². The number of nitrogens with one attached hydrogen (secondary N) is 2. The Morgan fingerprint density at radius 2 is 1.47 bits per heavy atom. The number of urea groups is 1. The summed E-state index contributed by atoms with van der Waals surface area (Å²) in [5.74, 6) is -0.286. The molecule has 0 radical (unpaired) electrons. The van der Waals surface area contributed by atoms with E-state index in [0.717, 1.165) is 4.90 Å². The SMILES string of the molecule is CCOc1ccc(NC(=O)CN2C(=O)NC(c3ccccc3)(c3ccccc3)C2=O)cc1. The summed E-state index contributed by atoms with van der Waals surface area (Å²) in [4.78, 5) is 40.0. The Balaban J connectivity index is 1.57. The summed E-state index contributed by atoms with van der Waals surface area (Å²) in [7, 11) is 0. The van der Waals surface area contributed by atoms with Gasteiger partial charge in [0.15, 0.2) is 5.54 Å². The molecule has 3 aromatic carbocycles. The van der Waals surface area contributed by atoms with Gasteiger partial charge in [-0.3, -0.25) is 14.5 Å². The van der Waals surface area contributed by atoms with Crippen LogP contribution in [0.5, 0.6) is 5.75 Å². The molecular weight excluding hydrogens is 406 g/mol. The number of hydrogen-bond acceptors (Lipinski definition) is 4. The van der Waals surface area contributed by atoms with Crippen molar-refractivity contribution in [3.05, 3.63) is 96.1 Å². The van der Waals surface area contributed by atoms with Crippen molar-refractivity contribution in [3.63, 3.8) is 0 Å². The molecular formula is C25H23N3O4. The lowest BCUT2D eigenvalue weighted by molar-refractivity contribution is -0.133. The number of hydrogen-bond donors (Lipinski definition) is 2. The summed E-state index contributed by atoms with van der Waals surface area (Å²) in [6, 6.07) is 24.3. The molecule has 1 heterocycles. The highest BCUT2D eigenvalue weighted by Gasteiger charge is 2.54. The molecule has 7 heteroatoms. The van der Waals surface area contributed by atoms with Crippen LogP contribution in [-0.4, -0.2) is 35.9 Å². The highest BCUT2D eigenvalue weighted by Crippen LogP contribution is 2.35. The van der Waals surface area contributed by atoms with Gasteiger partial charge in [0, 0.05) is 5.69 Å². The average molecular weight is 429 g/mol. The third-order valence-corrected chi connectivity index (χ3v) is 5.27. The molecule has 4 rings (SSSR count). The molecule has 0 saturated carbocycles. The number of benzene rings is 3. The number of anilines is 1. The van der Waals surface area contributed by atoms with Crippen molar-refractivity contribution in [2.45, 2.75) is 12.5 Å². The number of imide groups is 1. The number of rotatable bonds is 7. The topological polar surface area (TPSA) is 87.7 Å². The second kappa shape index (κ2) is 8.93. The molecule has 1 aliphatic heterocycles. The molecule has 2 N–H and O–H groups in total. The first kappa shape index (κ1) is 21.1. The second-order valence-corrected chi connectivity index (χ2v) is 7.31. The molecule has 0 spiro atoms. The van der Waals surface area contributed by atoms with Gasteiger partial charge in [-0.2, -0.15) is 0 Å². The first-order valence-corrected chi connectivity index (χ1v) is 10.3. The van der Waals surface area contributed by atoms with Crippen molar-refractivity contribution in [1.82, 2.24) is 10.2 Å². The van der Waals surface area contributed by atoms with Crippen LogP contribution in [0.15, 0.2) is 84.9 Å². The number of carbonyl (C=O) groups is 3. The van der Waals surface area contributed by atoms with Gasteiger partial charge in [-0.15, -0.1) is 0 Å². The molecule has 0 aliphatic carbocycles. The number of amides is 4. The molecule has 0 unspecified atom stereocenters. The van der Waals surface area contributed by atoms with Gasteiger partial charge in [0.1, 0.15) is 12.3 Å². The largest absolute Gasteiger partial charge is 0.494 e. The highest BCUT2D eigenvalue weighted by atomic mass is 16.5. The monoisotopic (exact) mass is 429 g/mol. The molecule has 32 heavy (non-hydrogen) atoms. The number of nitrogens with zero attached hydrogens (tertiary/aromatic N) is 1. The molecule has 0 aromatic heterocycles. The zero-order valence-electron chi connectivity index (χ0n) is 17.6. The van der Waals surface area contributed by atoms with Gasteiger partial charge in [0.2, 0.25) is 5.91 Å². The lowest BCUT2D eigenvalue weighted by atomic mass is 9.82. The van der Waals surface area contributed by atoms with E-state index in [4.69, 9.17) is 4.74 Å². The maximum atomic E-state index is 13.6. The predicted octanol–water partition coefficient (Wildman–Crippen LogP) is 3.52. The Morgan fingerprint density at radius 3 is 2.00 bits per heavy atom. The Bertz CT molecular complexity index is 1080. The van der Waals surface area contributed by atoms with Gasteiger partial charge in [-0.1, -0.05) is 60.7 Å². The second-order valence-electron chi connectivity index (χ2n) is 7.31. The van der Waals surface area contributed by atoms with Gasteiger partial charge in [-0.25, -0.2) is 4.79 Å². The molecule has 7 nitrogen and oxygen atoms in total. The summed E-state index contributed by atoms with van der Waals surface area (Å²) < 4.78 is 5.39. The lowest BCUT2D eigenvalue weighted by Crippen LogP contribution is -2.45. The van der Waals surface area contributed by atoms with Crippen molar-refractivity contribution >= 4 is 23.5 Å². The summed E-state index contributed by atoms with van der Waals surface area (Å²) >= 11 is 0. The van der Waals surface area contributed by atoms with Gasteiger partial charge in [0.05, 0.1) is 6.61 Å². The Labute approximate surface area is 186 Å². The van der Waals surface area contributed by atoms with E-state index in [1.165, 1.54) is 0 Å². The number of carbonyl (C=O) groups excluding carboxylic acids is 3. The smallest absolute Gasteiger partial charge is 0.326 e. The Kier molecular flexibility index (Phi) is 5.89. The fourth-order valence-corrected chi connectivity index (χ4v) is 3.80. The van der Waals surface area contributed by atoms with Crippen molar-refractivity contribution < 1.29 is 19.1 Å². The zero-order chi connectivity index (χ0) is 22.6. The first-order valence-electron chi connectivity index (χ1n) is 10.3. The maximum Gasteiger partial charge on any atom is 0.326 e. The summed E-state index contributed by atoms with van der Waals surface area (Å²) in [6.07, 6.45) is 0. The summed E-state index contributed by atoms with van der Waals surface area (Å²) in [6.45, 7) is 2.03. The Hall–Kier alpha value is -4.13. The van der Waals surface area contributed by atoms with Crippen LogP contribution in [0.1, 0.15) is 18.1 Å². The fourth-order valence-electron chi connectivity index (χ4n) is 3.80. The minimum atomic E-state index is -1.39. The fraction of sp³-hybridized carbons (Fsp3) is 0.160. The van der Waals surface area contributed by atoms with Crippen LogP contribution in [0.2, 0.25) is 0 Å². The third-order valence-electron chi connectivity index (χ3n) is 5.27. The van der Waals surface area contributed by atoms with Crippen LogP contribution in [0.4, 0.5) is 10.5 Å². The molecule has 1 aliphatic rings. The molecule has 1 fully saturated rings. The van der Waals surface area contributed by atoms with Gasteiger partial charge < -0.3 is 15.4 Å². The van der Waals surface area contributed by atoms with E-state index < -0.39 is 29.9 Å².